The zero-order valence-electron chi connectivity index (χ0n) is 12.9. The van der Waals surface area contributed by atoms with Crippen molar-refractivity contribution in [3.05, 3.63) is 4.88 Å². The van der Waals surface area contributed by atoms with Gasteiger partial charge in [-0.1, -0.05) is 13.8 Å². The summed E-state index contributed by atoms with van der Waals surface area (Å²) in [6.45, 7) is 8.32. The Morgan fingerprint density at radius 2 is 2.14 bits per heavy atom. The van der Waals surface area contributed by atoms with E-state index in [0.717, 1.165) is 37.6 Å². The van der Waals surface area contributed by atoms with Crippen LogP contribution in [0, 0.1) is 0 Å². The molecule has 0 saturated carbocycles. The number of nitrogen functional groups attached to an aromatic ring is 1. The van der Waals surface area contributed by atoms with Crippen molar-refractivity contribution >= 4 is 27.9 Å². The van der Waals surface area contributed by atoms with Crippen LogP contribution in [0.3, 0.4) is 0 Å². The Labute approximate surface area is 129 Å². The fourth-order valence-corrected chi connectivity index (χ4v) is 4.05. The van der Waals surface area contributed by atoms with E-state index in [2.05, 4.69) is 23.6 Å². The van der Waals surface area contributed by atoms with Crippen LogP contribution in [0.15, 0.2) is 0 Å². The lowest BCUT2D eigenvalue weighted by Crippen LogP contribution is -2.37. The number of nitrogens with zero attached hydrogens (tertiary/aromatic N) is 2. The van der Waals surface area contributed by atoms with Crippen LogP contribution >= 0.6 is 11.3 Å². The van der Waals surface area contributed by atoms with Crippen molar-refractivity contribution in [2.24, 2.45) is 5.73 Å². The molecule has 21 heavy (non-hydrogen) atoms. The summed E-state index contributed by atoms with van der Waals surface area (Å²) in [7, 11) is 1.57. The Morgan fingerprint density at radius 1 is 1.48 bits per heavy atom. The van der Waals surface area contributed by atoms with Crippen molar-refractivity contribution < 1.29 is 9.53 Å². The largest absolute Gasteiger partial charge is 0.492 e. The number of nitrogens with two attached hydrogens (primary N) is 2. The molecule has 1 aromatic heterocycles. The number of anilines is 2. The Morgan fingerprint density at radius 3 is 2.67 bits per heavy atom. The van der Waals surface area contributed by atoms with E-state index in [1.54, 1.807) is 7.11 Å². The number of methoxy groups -OCH3 is 1. The maximum Gasteiger partial charge on any atom is 0.261 e. The van der Waals surface area contributed by atoms with Gasteiger partial charge < -0.3 is 21.1 Å². The molecule has 1 aromatic rings. The Hall–Kier alpha value is -1.47. The average molecular weight is 312 g/mol. The third-order valence-corrected chi connectivity index (χ3v) is 5.35. The highest BCUT2D eigenvalue weighted by Gasteiger charge is 2.31. The molecule has 118 valence electrons. The Balaban J connectivity index is 2.23. The highest BCUT2D eigenvalue weighted by atomic mass is 32.1. The fraction of sp³-hybridized carbons (Fsp3) is 0.643. The van der Waals surface area contributed by atoms with Crippen molar-refractivity contribution in [2.75, 3.05) is 43.9 Å². The number of thiophene rings is 1. The van der Waals surface area contributed by atoms with E-state index in [1.165, 1.54) is 11.3 Å². The van der Waals surface area contributed by atoms with Crippen molar-refractivity contribution in [3.8, 4) is 5.75 Å². The van der Waals surface area contributed by atoms with Gasteiger partial charge in [0.05, 0.1) is 7.11 Å². The van der Waals surface area contributed by atoms with Crippen LogP contribution in [0.5, 0.6) is 5.75 Å². The zero-order valence-corrected chi connectivity index (χ0v) is 13.7. The smallest absolute Gasteiger partial charge is 0.261 e. The molecule has 1 aliphatic rings. The fourth-order valence-electron chi connectivity index (χ4n) is 2.97. The molecule has 1 aliphatic heterocycles. The summed E-state index contributed by atoms with van der Waals surface area (Å²) >= 11 is 1.33. The van der Waals surface area contributed by atoms with Crippen LogP contribution in [-0.4, -0.2) is 50.1 Å². The molecular formula is C14H24N4O2S. The van der Waals surface area contributed by atoms with Gasteiger partial charge in [-0.15, -0.1) is 11.3 Å². The van der Waals surface area contributed by atoms with Crippen molar-refractivity contribution in [1.82, 2.24) is 4.90 Å². The maximum absolute atomic E-state index is 11.5. The second kappa shape index (κ2) is 6.53. The molecule has 7 heteroatoms. The van der Waals surface area contributed by atoms with Gasteiger partial charge in [0, 0.05) is 19.1 Å². The Bertz CT molecular complexity index is 513. The number of carbonyl (C=O) groups is 1. The van der Waals surface area contributed by atoms with Gasteiger partial charge in [0.1, 0.15) is 15.6 Å². The van der Waals surface area contributed by atoms with Gasteiger partial charge >= 0.3 is 0 Å². The van der Waals surface area contributed by atoms with Gasteiger partial charge in [0.2, 0.25) is 0 Å². The molecule has 1 amide bonds. The predicted octanol–water partition coefficient (Wildman–Crippen LogP) is 1.36. The lowest BCUT2D eigenvalue weighted by atomic mass is 10.2. The number of rotatable bonds is 6. The molecule has 6 nitrogen and oxygen atoms in total. The molecule has 1 atom stereocenters. The van der Waals surface area contributed by atoms with Crippen molar-refractivity contribution in [1.29, 1.82) is 0 Å². The lowest BCUT2D eigenvalue weighted by molar-refractivity contribution is 0.100. The highest BCUT2D eigenvalue weighted by molar-refractivity contribution is 7.19. The minimum absolute atomic E-state index is 0.358. The van der Waals surface area contributed by atoms with E-state index in [4.69, 9.17) is 16.2 Å². The van der Waals surface area contributed by atoms with Gasteiger partial charge in [-0.3, -0.25) is 9.69 Å². The highest BCUT2D eigenvalue weighted by Crippen LogP contribution is 2.45. The first-order chi connectivity index (χ1) is 10.0. The molecule has 2 heterocycles. The van der Waals surface area contributed by atoms with Crippen LogP contribution in [-0.2, 0) is 0 Å². The quantitative estimate of drug-likeness (QED) is 0.828. The van der Waals surface area contributed by atoms with Crippen LogP contribution in [0.1, 0.15) is 29.9 Å². The molecule has 4 N–H and O–H groups in total. The number of likely N-dealkylation sites (N-methyl/N-ethyl adjacent to an activating group) is 1. The standard InChI is InChI=1S/C14H24N4O2S/c1-4-17(5-2)9-6-7-18(8-9)14-11(20-3)10(15)12(21-14)13(16)19/h9H,4-8,15H2,1-3H3,(H2,16,19). The van der Waals surface area contributed by atoms with E-state index in [1.807, 2.05) is 0 Å². The van der Waals surface area contributed by atoms with Crippen LogP contribution < -0.4 is 21.1 Å². The van der Waals surface area contributed by atoms with E-state index in [0.29, 0.717) is 22.4 Å². The zero-order chi connectivity index (χ0) is 15.6. The van der Waals surface area contributed by atoms with Crippen molar-refractivity contribution in [3.63, 3.8) is 0 Å². The summed E-state index contributed by atoms with van der Waals surface area (Å²) in [6, 6.07) is 0.532. The van der Waals surface area contributed by atoms with Gasteiger partial charge in [0.15, 0.2) is 5.75 Å². The summed E-state index contributed by atoms with van der Waals surface area (Å²) in [5.74, 6) is 0.0792. The van der Waals surface area contributed by atoms with Gasteiger partial charge in [-0.05, 0) is 19.5 Å². The van der Waals surface area contributed by atoms with E-state index in [-0.39, 0.29) is 0 Å². The average Bonchev–Trinajstić information content (AvgIpc) is 3.04. The third-order valence-electron chi connectivity index (χ3n) is 4.09. The molecular weight excluding hydrogens is 288 g/mol. The second-order valence-corrected chi connectivity index (χ2v) is 6.16. The minimum atomic E-state index is -0.499. The first-order valence-electron chi connectivity index (χ1n) is 7.28. The summed E-state index contributed by atoms with van der Waals surface area (Å²) in [4.78, 5) is 16.5. The van der Waals surface area contributed by atoms with Gasteiger partial charge in [-0.2, -0.15) is 0 Å². The monoisotopic (exact) mass is 312 g/mol. The number of amides is 1. The minimum Gasteiger partial charge on any atom is -0.492 e. The van der Waals surface area contributed by atoms with Crippen molar-refractivity contribution in [2.45, 2.75) is 26.3 Å². The van der Waals surface area contributed by atoms with Gasteiger partial charge in [0.25, 0.3) is 5.91 Å². The first kappa shape index (κ1) is 15.9. The summed E-state index contributed by atoms with van der Waals surface area (Å²) in [5, 5.41) is 0.915. The SMILES string of the molecule is CCN(CC)C1CCN(c2sc(C(N)=O)c(N)c2OC)C1. The van der Waals surface area contributed by atoms with E-state index in [9.17, 15) is 4.79 Å². The molecule has 0 aromatic carbocycles. The number of primary amides is 1. The van der Waals surface area contributed by atoms with Crippen LogP contribution in [0.4, 0.5) is 10.7 Å². The van der Waals surface area contributed by atoms with E-state index >= 15 is 0 Å². The molecule has 0 aliphatic carbocycles. The normalized spacial score (nSPS) is 18.5. The number of carbonyl (C=O) groups excluding carboxylic acids is 1. The third kappa shape index (κ3) is 2.94. The van der Waals surface area contributed by atoms with Crippen LogP contribution in [0.2, 0.25) is 0 Å². The molecule has 1 saturated heterocycles. The summed E-state index contributed by atoms with van der Waals surface area (Å²) in [5.41, 5.74) is 11.7. The molecule has 2 rings (SSSR count). The summed E-state index contributed by atoms with van der Waals surface area (Å²) in [6.07, 6.45) is 1.11. The maximum atomic E-state index is 11.5. The predicted molar refractivity (Wildman–Crippen MR) is 87.3 cm³/mol. The van der Waals surface area contributed by atoms with Crippen LogP contribution in [0.25, 0.3) is 0 Å². The number of hydrogen-bond donors (Lipinski definition) is 2. The molecule has 0 radical (unpaired) electrons. The van der Waals surface area contributed by atoms with Gasteiger partial charge in [-0.25, -0.2) is 0 Å². The molecule has 1 fully saturated rings. The topological polar surface area (TPSA) is 84.8 Å². The number of ether oxygens (including phenoxy) is 1. The number of hydrogen-bond acceptors (Lipinski definition) is 6. The molecule has 0 bridgehead atoms. The Kier molecular flexibility index (Phi) is 4.95. The summed E-state index contributed by atoms with van der Waals surface area (Å²) < 4.78 is 5.39. The lowest BCUT2D eigenvalue weighted by Gasteiger charge is -2.26. The second-order valence-electron chi connectivity index (χ2n) is 5.16. The first-order valence-corrected chi connectivity index (χ1v) is 8.10. The van der Waals surface area contributed by atoms with E-state index < -0.39 is 5.91 Å². The molecule has 0 spiro atoms. The molecule has 1 unspecified atom stereocenters.